The fraction of sp³-hybridized carbons (Fsp3) is 0.400. The number of hydrogen-bond donors (Lipinski definition) is 1. The SMILES string of the molecule is CC(=O)NCCn1c(C)ccc1C=O. The first-order chi connectivity index (χ1) is 6.65. The summed E-state index contributed by atoms with van der Waals surface area (Å²) in [5.41, 5.74) is 1.67. The van der Waals surface area contributed by atoms with E-state index in [2.05, 4.69) is 5.32 Å². The van der Waals surface area contributed by atoms with Crippen molar-refractivity contribution in [3.63, 3.8) is 0 Å². The zero-order chi connectivity index (χ0) is 10.6. The smallest absolute Gasteiger partial charge is 0.216 e. The number of amides is 1. The van der Waals surface area contributed by atoms with E-state index in [9.17, 15) is 9.59 Å². The predicted octanol–water partition coefficient (Wildman–Crippen LogP) is 0.745. The number of aromatic nitrogens is 1. The van der Waals surface area contributed by atoms with Crippen LogP contribution in [0.5, 0.6) is 0 Å². The van der Waals surface area contributed by atoms with Crippen molar-refractivity contribution in [1.82, 2.24) is 9.88 Å². The number of nitrogens with zero attached hydrogens (tertiary/aromatic N) is 1. The normalized spacial score (nSPS) is 9.86. The zero-order valence-corrected chi connectivity index (χ0v) is 8.41. The van der Waals surface area contributed by atoms with Crippen LogP contribution < -0.4 is 5.32 Å². The summed E-state index contributed by atoms with van der Waals surface area (Å²) >= 11 is 0. The number of aryl methyl sites for hydroxylation is 1. The Morgan fingerprint density at radius 3 is 2.86 bits per heavy atom. The predicted molar refractivity (Wildman–Crippen MR) is 53.2 cm³/mol. The molecule has 0 radical (unpaired) electrons. The Hall–Kier alpha value is -1.58. The van der Waals surface area contributed by atoms with Crippen LogP contribution in [-0.2, 0) is 11.3 Å². The number of hydrogen-bond acceptors (Lipinski definition) is 2. The van der Waals surface area contributed by atoms with Gasteiger partial charge in [0.2, 0.25) is 5.91 Å². The molecule has 1 heterocycles. The van der Waals surface area contributed by atoms with Crippen LogP contribution in [0.1, 0.15) is 23.1 Å². The maximum atomic E-state index is 10.6. The van der Waals surface area contributed by atoms with Gasteiger partial charge in [-0.1, -0.05) is 0 Å². The molecule has 0 aliphatic heterocycles. The second kappa shape index (κ2) is 4.60. The van der Waals surface area contributed by atoms with E-state index in [1.165, 1.54) is 6.92 Å². The lowest BCUT2D eigenvalue weighted by Crippen LogP contribution is -2.25. The Kier molecular flexibility index (Phi) is 3.45. The molecule has 4 nitrogen and oxygen atoms in total. The first-order valence-corrected chi connectivity index (χ1v) is 4.51. The summed E-state index contributed by atoms with van der Waals surface area (Å²) in [5, 5.41) is 2.69. The summed E-state index contributed by atoms with van der Waals surface area (Å²) in [6.07, 6.45) is 0.820. The summed E-state index contributed by atoms with van der Waals surface area (Å²) in [6, 6.07) is 3.66. The molecule has 0 aromatic carbocycles. The molecule has 4 heteroatoms. The van der Waals surface area contributed by atoms with Crippen LogP contribution in [0.15, 0.2) is 12.1 Å². The Morgan fingerprint density at radius 1 is 1.57 bits per heavy atom. The van der Waals surface area contributed by atoms with Crippen LogP contribution in [0.2, 0.25) is 0 Å². The van der Waals surface area contributed by atoms with Gasteiger partial charge in [0.15, 0.2) is 6.29 Å². The summed E-state index contributed by atoms with van der Waals surface area (Å²) in [7, 11) is 0. The van der Waals surface area contributed by atoms with Crippen LogP contribution in [-0.4, -0.2) is 23.3 Å². The highest BCUT2D eigenvalue weighted by Crippen LogP contribution is 2.05. The Labute approximate surface area is 82.9 Å². The lowest BCUT2D eigenvalue weighted by atomic mass is 10.4. The van der Waals surface area contributed by atoms with Gasteiger partial charge in [-0.3, -0.25) is 9.59 Å². The van der Waals surface area contributed by atoms with Crippen molar-refractivity contribution in [2.45, 2.75) is 20.4 Å². The van der Waals surface area contributed by atoms with Crippen LogP contribution >= 0.6 is 0 Å². The molecule has 76 valence electrons. The van der Waals surface area contributed by atoms with E-state index in [-0.39, 0.29) is 5.91 Å². The maximum absolute atomic E-state index is 10.6. The van der Waals surface area contributed by atoms with Gasteiger partial charge >= 0.3 is 0 Å². The van der Waals surface area contributed by atoms with E-state index >= 15 is 0 Å². The average molecular weight is 194 g/mol. The van der Waals surface area contributed by atoms with E-state index in [1.54, 1.807) is 6.07 Å². The maximum Gasteiger partial charge on any atom is 0.216 e. The molecule has 0 aliphatic rings. The molecule has 1 rings (SSSR count). The third-order valence-corrected chi connectivity index (χ3v) is 2.06. The molecular weight excluding hydrogens is 180 g/mol. The highest BCUT2D eigenvalue weighted by atomic mass is 16.1. The minimum absolute atomic E-state index is 0.0533. The first kappa shape index (κ1) is 10.5. The van der Waals surface area contributed by atoms with Gasteiger partial charge in [0.05, 0.1) is 5.69 Å². The lowest BCUT2D eigenvalue weighted by Gasteiger charge is -2.08. The first-order valence-electron chi connectivity index (χ1n) is 4.51. The molecular formula is C10H14N2O2. The number of nitrogens with one attached hydrogen (secondary N) is 1. The van der Waals surface area contributed by atoms with E-state index in [1.807, 2.05) is 17.6 Å². The standard InChI is InChI=1S/C10H14N2O2/c1-8-3-4-10(7-13)12(8)6-5-11-9(2)14/h3-4,7H,5-6H2,1-2H3,(H,11,14). The number of aldehydes is 1. The minimum atomic E-state index is -0.0533. The van der Waals surface area contributed by atoms with Gasteiger partial charge in [-0.15, -0.1) is 0 Å². The minimum Gasteiger partial charge on any atom is -0.355 e. The molecule has 1 aromatic heterocycles. The molecule has 1 amide bonds. The van der Waals surface area contributed by atoms with Crippen molar-refractivity contribution in [3.8, 4) is 0 Å². The van der Waals surface area contributed by atoms with Crippen molar-refractivity contribution in [2.24, 2.45) is 0 Å². The van der Waals surface area contributed by atoms with E-state index in [0.29, 0.717) is 18.8 Å². The van der Waals surface area contributed by atoms with Crippen LogP contribution in [0.25, 0.3) is 0 Å². The second-order valence-corrected chi connectivity index (χ2v) is 3.15. The van der Waals surface area contributed by atoms with Crippen molar-refractivity contribution in [1.29, 1.82) is 0 Å². The van der Waals surface area contributed by atoms with Gasteiger partial charge in [-0.05, 0) is 19.1 Å². The molecule has 0 saturated heterocycles. The fourth-order valence-electron chi connectivity index (χ4n) is 1.34. The summed E-state index contributed by atoms with van der Waals surface area (Å²) in [4.78, 5) is 21.3. The monoisotopic (exact) mass is 194 g/mol. The van der Waals surface area contributed by atoms with Crippen molar-refractivity contribution < 1.29 is 9.59 Å². The van der Waals surface area contributed by atoms with E-state index in [0.717, 1.165) is 12.0 Å². The van der Waals surface area contributed by atoms with Gasteiger partial charge < -0.3 is 9.88 Å². The number of rotatable bonds is 4. The zero-order valence-electron chi connectivity index (χ0n) is 8.41. The quantitative estimate of drug-likeness (QED) is 0.719. The molecule has 1 aromatic rings. The van der Waals surface area contributed by atoms with E-state index in [4.69, 9.17) is 0 Å². The van der Waals surface area contributed by atoms with Crippen LogP contribution in [0.3, 0.4) is 0 Å². The van der Waals surface area contributed by atoms with Crippen LogP contribution in [0, 0.1) is 6.92 Å². The molecule has 14 heavy (non-hydrogen) atoms. The fourth-order valence-corrected chi connectivity index (χ4v) is 1.34. The second-order valence-electron chi connectivity index (χ2n) is 3.15. The highest BCUT2D eigenvalue weighted by molar-refractivity contribution is 5.73. The van der Waals surface area contributed by atoms with Crippen molar-refractivity contribution >= 4 is 12.2 Å². The molecule has 0 spiro atoms. The largest absolute Gasteiger partial charge is 0.355 e. The Bertz CT molecular complexity index is 342. The Morgan fingerprint density at radius 2 is 2.29 bits per heavy atom. The summed E-state index contributed by atoms with van der Waals surface area (Å²) in [5.74, 6) is -0.0533. The summed E-state index contributed by atoms with van der Waals surface area (Å²) in [6.45, 7) is 4.59. The highest BCUT2D eigenvalue weighted by Gasteiger charge is 2.03. The van der Waals surface area contributed by atoms with Crippen molar-refractivity contribution in [3.05, 3.63) is 23.5 Å². The molecule has 0 aliphatic carbocycles. The van der Waals surface area contributed by atoms with Gasteiger partial charge in [0.1, 0.15) is 0 Å². The van der Waals surface area contributed by atoms with Gasteiger partial charge in [-0.25, -0.2) is 0 Å². The number of carbonyl (C=O) groups is 2. The topological polar surface area (TPSA) is 51.1 Å². The third-order valence-electron chi connectivity index (χ3n) is 2.06. The third kappa shape index (κ3) is 2.45. The lowest BCUT2D eigenvalue weighted by molar-refractivity contribution is -0.118. The van der Waals surface area contributed by atoms with Gasteiger partial charge in [-0.2, -0.15) is 0 Å². The molecule has 0 atom stereocenters. The summed E-state index contributed by atoms with van der Waals surface area (Å²) < 4.78 is 1.88. The molecule has 0 saturated carbocycles. The molecule has 0 unspecified atom stereocenters. The van der Waals surface area contributed by atoms with Crippen molar-refractivity contribution in [2.75, 3.05) is 6.54 Å². The van der Waals surface area contributed by atoms with Gasteiger partial charge in [0, 0.05) is 25.7 Å². The average Bonchev–Trinajstić information content (AvgIpc) is 2.47. The molecule has 1 N–H and O–H groups in total. The van der Waals surface area contributed by atoms with E-state index < -0.39 is 0 Å². The molecule has 0 bridgehead atoms. The molecule has 0 fully saturated rings. The number of carbonyl (C=O) groups excluding carboxylic acids is 2. The van der Waals surface area contributed by atoms with Crippen LogP contribution in [0.4, 0.5) is 0 Å². The Balaban J connectivity index is 2.60. The van der Waals surface area contributed by atoms with Gasteiger partial charge in [0.25, 0.3) is 0 Å².